The van der Waals surface area contributed by atoms with Gasteiger partial charge in [-0.25, -0.2) is 4.99 Å². The number of nitrogens with zero attached hydrogens (tertiary/aromatic N) is 1. The predicted molar refractivity (Wildman–Crippen MR) is 117 cm³/mol. The van der Waals surface area contributed by atoms with Gasteiger partial charge in [0.15, 0.2) is 5.96 Å². The molecule has 0 aliphatic carbocycles. The first-order valence-corrected chi connectivity index (χ1v) is 8.67. The highest BCUT2D eigenvalue weighted by atomic mass is 127. The number of fused-ring (bicyclic) bond motifs is 1. The molecule has 136 valence electrons. The highest BCUT2D eigenvalue weighted by Gasteiger charge is 2.21. The summed E-state index contributed by atoms with van der Waals surface area (Å²) in [6.07, 6.45) is 0.914. The molecule has 4 nitrogen and oxygen atoms in total. The Labute approximate surface area is 172 Å². The number of aliphatic imine (C=N–C) groups is 1. The van der Waals surface area contributed by atoms with Crippen molar-refractivity contribution in [2.24, 2.45) is 4.99 Å². The number of ether oxygens (including phenoxy) is 1. The minimum absolute atomic E-state index is 0. The SMILES string of the molecule is CCNC(=NCC#Cc1ccccc1)NC1CCOc2ccccc21.I. The summed E-state index contributed by atoms with van der Waals surface area (Å²) in [4.78, 5) is 4.58. The largest absolute Gasteiger partial charge is 0.493 e. The van der Waals surface area contributed by atoms with E-state index in [-0.39, 0.29) is 30.0 Å². The van der Waals surface area contributed by atoms with Crippen molar-refractivity contribution in [3.05, 3.63) is 65.7 Å². The number of benzene rings is 2. The van der Waals surface area contributed by atoms with E-state index < -0.39 is 0 Å². The van der Waals surface area contributed by atoms with Crippen LogP contribution in [0.4, 0.5) is 0 Å². The lowest BCUT2D eigenvalue weighted by Crippen LogP contribution is -2.41. The zero-order valence-electron chi connectivity index (χ0n) is 14.9. The number of halogens is 1. The van der Waals surface area contributed by atoms with Crippen molar-refractivity contribution in [2.75, 3.05) is 19.7 Å². The lowest BCUT2D eigenvalue weighted by molar-refractivity contribution is 0.261. The van der Waals surface area contributed by atoms with E-state index >= 15 is 0 Å². The number of hydrogen-bond donors (Lipinski definition) is 2. The second-order valence-electron chi connectivity index (χ2n) is 5.73. The van der Waals surface area contributed by atoms with Gasteiger partial charge in [0, 0.05) is 24.1 Å². The molecule has 3 rings (SSSR count). The van der Waals surface area contributed by atoms with Gasteiger partial charge in [-0.15, -0.1) is 24.0 Å². The van der Waals surface area contributed by atoms with Crippen molar-refractivity contribution >= 4 is 29.9 Å². The molecular formula is C21H24IN3O. The summed E-state index contributed by atoms with van der Waals surface area (Å²) < 4.78 is 5.72. The molecule has 1 unspecified atom stereocenters. The summed E-state index contributed by atoms with van der Waals surface area (Å²) in [5, 5.41) is 6.79. The number of nitrogens with one attached hydrogen (secondary N) is 2. The van der Waals surface area contributed by atoms with E-state index in [0.29, 0.717) is 13.2 Å². The Bertz CT molecular complexity index is 781. The molecule has 26 heavy (non-hydrogen) atoms. The normalized spacial score (nSPS) is 15.4. The second-order valence-corrected chi connectivity index (χ2v) is 5.73. The standard InChI is InChI=1S/C21H23N3O.HI/c1-2-22-21(23-15-8-11-17-9-4-3-5-10-17)24-19-14-16-25-20-13-7-6-12-18(19)20;/h3-7,9-10,12-13,19H,2,14-16H2,1H3,(H2,22,23,24);1H. The van der Waals surface area contributed by atoms with E-state index in [0.717, 1.165) is 30.2 Å². The molecule has 1 heterocycles. The summed E-state index contributed by atoms with van der Waals surface area (Å²) in [6.45, 7) is 4.03. The topological polar surface area (TPSA) is 45.7 Å². The first kappa shape index (κ1) is 20.1. The van der Waals surface area contributed by atoms with E-state index in [4.69, 9.17) is 4.74 Å². The Morgan fingerprint density at radius 3 is 2.73 bits per heavy atom. The molecule has 0 radical (unpaired) electrons. The zero-order valence-corrected chi connectivity index (χ0v) is 17.2. The lowest BCUT2D eigenvalue weighted by Gasteiger charge is -2.28. The maximum absolute atomic E-state index is 5.72. The molecular weight excluding hydrogens is 437 g/mol. The van der Waals surface area contributed by atoms with E-state index in [9.17, 15) is 0 Å². The fraction of sp³-hybridized carbons (Fsp3) is 0.286. The van der Waals surface area contributed by atoms with Crippen LogP contribution >= 0.6 is 24.0 Å². The molecule has 2 N–H and O–H groups in total. The summed E-state index contributed by atoms with van der Waals surface area (Å²) in [7, 11) is 0. The Hall–Kier alpha value is -2.20. The van der Waals surface area contributed by atoms with E-state index in [2.05, 4.69) is 40.5 Å². The summed E-state index contributed by atoms with van der Waals surface area (Å²) >= 11 is 0. The molecule has 0 fully saturated rings. The highest BCUT2D eigenvalue weighted by Crippen LogP contribution is 2.31. The number of hydrogen-bond acceptors (Lipinski definition) is 2. The van der Waals surface area contributed by atoms with Gasteiger partial charge in [-0.3, -0.25) is 0 Å². The molecule has 2 aromatic rings. The van der Waals surface area contributed by atoms with Crippen LogP contribution in [-0.2, 0) is 0 Å². The Morgan fingerprint density at radius 1 is 1.15 bits per heavy atom. The first-order valence-electron chi connectivity index (χ1n) is 8.67. The first-order chi connectivity index (χ1) is 12.4. The van der Waals surface area contributed by atoms with E-state index in [1.807, 2.05) is 48.5 Å². The van der Waals surface area contributed by atoms with Crippen LogP contribution in [0.2, 0.25) is 0 Å². The maximum Gasteiger partial charge on any atom is 0.192 e. The van der Waals surface area contributed by atoms with Crippen LogP contribution in [0, 0.1) is 11.8 Å². The quantitative estimate of drug-likeness (QED) is 0.317. The fourth-order valence-corrected chi connectivity index (χ4v) is 2.76. The van der Waals surface area contributed by atoms with Crippen molar-refractivity contribution < 1.29 is 4.74 Å². The average molecular weight is 461 g/mol. The zero-order chi connectivity index (χ0) is 17.3. The van der Waals surface area contributed by atoms with Crippen molar-refractivity contribution in [2.45, 2.75) is 19.4 Å². The van der Waals surface area contributed by atoms with Crippen molar-refractivity contribution in [3.63, 3.8) is 0 Å². The molecule has 1 aliphatic rings. The fourth-order valence-electron chi connectivity index (χ4n) is 2.76. The Morgan fingerprint density at radius 2 is 1.92 bits per heavy atom. The lowest BCUT2D eigenvalue weighted by atomic mass is 10.0. The predicted octanol–water partition coefficient (Wildman–Crippen LogP) is 3.74. The molecule has 1 aliphatic heterocycles. The third-order valence-corrected chi connectivity index (χ3v) is 3.94. The average Bonchev–Trinajstić information content (AvgIpc) is 2.66. The summed E-state index contributed by atoms with van der Waals surface area (Å²) in [5.41, 5.74) is 2.18. The molecule has 0 spiro atoms. The molecule has 0 amide bonds. The van der Waals surface area contributed by atoms with Gasteiger partial charge in [0.25, 0.3) is 0 Å². The minimum atomic E-state index is 0. The van der Waals surface area contributed by atoms with Crippen LogP contribution in [0.3, 0.4) is 0 Å². The Balaban J connectivity index is 0.00000243. The maximum atomic E-state index is 5.72. The molecule has 0 saturated heterocycles. The van der Waals surface area contributed by atoms with Gasteiger partial charge in [-0.2, -0.15) is 0 Å². The Kier molecular flexibility index (Phi) is 8.29. The second kappa shape index (κ2) is 10.7. The highest BCUT2D eigenvalue weighted by molar-refractivity contribution is 14.0. The van der Waals surface area contributed by atoms with Gasteiger partial charge in [-0.1, -0.05) is 48.2 Å². The van der Waals surface area contributed by atoms with Crippen LogP contribution in [0.15, 0.2) is 59.6 Å². The molecule has 1 atom stereocenters. The third kappa shape index (κ3) is 5.67. The van der Waals surface area contributed by atoms with Gasteiger partial charge in [-0.05, 0) is 25.1 Å². The van der Waals surface area contributed by atoms with Crippen LogP contribution in [0.25, 0.3) is 0 Å². The van der Waals surface area contributed by atoms with Gasteiger partial charge in [0.1, 0.15) is 12.3 Å². The minimum Gasteiger partial charge on any atom is -0.493 e. The number of rotatable bonds is 3. The van der Waals surface area contributed by atoms with Gasteiger partial charge in [0.2, 0.25) is 0 Å². The molecule has 0 aromatic heterocycles. The van der Waals surface area contributed by atoms with Crippen molar-refractivity contribution in [1.29, 1.82) is 0 Å². The van der Waals surface area contributed by atoms with Gasteiger partial charge < -0.3 is 15.4 Å². The van der Waals surface area contributed by atoms with Gasteiger partial charge >= 0.3 is 0 Å². The molecule has 2 aromatic carbocycles. The van der Waals surface area contributed by atoms with Crippen molar-refractivity contribution in [3.8, 4) is 17.6 Å². The van der Waals surface area contributed by atoms with Crippen LogP contribution in [0.5, 0.6) is 5.75 Å². The smallest absolute Gasteiger partial charge is 0.192 e. The van der Waals surface area contributed by atoms with Crippen LogP contribution in [-0.4, -0.2) is 25.7 Å². The monoisotopic (exact) mass is 461 g/mol. The van der Waals surface area contributed by atoms with E-state index in [1.54, 1.807) is 0 Å². The summed E-state index contributed by atoms with van der Waals surface area (Å²) in [6, 6.07) is 18.3. The van der Waals surface area contributed by atoms with Crippen molar-refractivity contribution in [1.82, 2.24) is 10.6 Å². The van der Waals surface area contributed by atoms with Crippen LogP contribution < -0.4 is 15.4 Å². The third-order valence-electron chi connectivity index (χ3n) is 3.94. The summed E-state index contributed by atoms with van der Waals surface area (Å²) in [5.74, 6) is 7.97. The molecule has 0 saturated carbocycles. The van der Waals surface area contributed by atoms with E-state index in [1.165, 1.54) is 5.56 Å². The number of guanidine groups is 1. The van der Waals surface area contributed by atoms with Gasteiger partial charge in [0.05, 0.1) is 12.6 Å². The molecule has 0 bridgehead atoms. The van der Waals surface area contributed by atoms with Crippen LogP contribution in [0.1, 0.15) is 30.5 Å². The molecule has 5 heteroatoms. The number of para-hydroxylation sites is 1.